The Labute approximate surface area is 135 Å². The lowest BCUT2D eigenvalue weighted by Crippen LogP contribution is -2.24. The molecule has 0 unspecified atom stereocenters. The molecule has 0 saturated carbocycles. The first-order chi connectivity index (χ1) is 10.7. The zero-order valence-corrected chi connectivity index (χ0v) is 13.4. The molecule has 1 aromatic carbocycles. The number of amides is 1. The number of benzene rings is 1. The second-order valence-electron chi connectivity index (χ2n) is 5.02. The summed E-state index contributed by atoms with van der Waals surface area (Å²) in [5, 5.41) is 6.87. The lowest BCUT2D eigenvalue weighted by molar-refractivity contribution is 0.0953. The first-order valence-corrected chi connectivity index (χ1v) is 7.78. The van der Waals surface area contributed by atoms with Crippen LogP contribution in [0, 0.1) is 0 Å². The van der Waals surface area contributed by atoms with E-state index in [-0.39, 0.29) is 5.91 Å². The fraction of sp³-hybridized carbons (Fsp3) is 0.294. The highest BCUT2D eigenvalue weighted by atomic mass is 35.5. The molecule has 4 nitrogen and oxygen atoms in total. The third-order valence-corrected chi connectivity index (χ3v) is 3.40. The first kappa shape index (κ1) is 16.3. The number of carbonyl (C=O) groups excluding carboxylic acids is 1. The SMILES string of the molecule is CCCNC(=O)c1cncc(NCCc2cccc(Cl)c2)c1. The number of nitrogens with zero attached hydrogens (tertiary/aromatic N) is 1. The van der Waals surface area contributed by atoms with Gasteiger partial charge in [-0.3, -0.25) is 9.78 Å². The molecule has 0 aliphatic heterocycles. The van der Waals surface area contributed by atoms with Gasteiger partial charge in [0.2, 0.25) is 0 Å². The Morgan fingerprint density at radius 3 is 2.86 bits per heavy atom. The lowest BCUT2D eigenvalue weighted by Gasteiger charge is -2.08. The maximum absolute atomic E-state index is 11.9. The lowest BCUT2D eigenvalue weighted by atomic mass is 10.1. The summed E-state index contributed by atoms with van der Waals surface area (Å²) < 4.78 is 0. The van der Waals surface area contributed by atoms with Gasteiger partial charge in [-0.1, -0.05) is 30.7 Å². The zero-order chi connectivity index (χ0) is 15.8. The maximum Gasteiger partial charge on any atom is 0.252 e. The highest BCUT2D eigenvalue weighted by Crippen LogP contribution is 2.12. The number of hydrogen-bond acceptors (Lipinski definition) is 3. The summed E-state index contributed by atoms with van der Waals surface area (Å²) >= 11 is 5.96. The van der Waals surface area contributed by atoms with E-state index < -0.39 is 0 Å². The van der Waals surface area contributed by atoms with Gasteiger partial charge in [0.15, 0.2) is 0 Å². The highest BCUT2D eigenvalue weighted by Gasteiger charge is 2.05. The molecule has 0 spiro atoms. The summed E-state index contributed by atoms with van der Waals surface area (Å²) in [5.74, 6) is -0.0900. The van der Waals surface area contributed by atoms with Crippen molar-refractivity contribution >= 4 is 23.2 Å². The Balaban J connectivity index is 1.89. The summed E-state index contributed by atoms with van der Waals surface area (Å²) in [6, 6.07) is 9.62. The summed E-state index contributed by atoms with van der Waals surface area (Å²) in [6.07, 6.45) is 5.06. The van der Waals surface area contributed by atoms with Gasteiger partial charge in [0.25, 0.3) is 5.91 Å². The summed E-state index contributed by atoms with van der Waals surface area (Å²) in [5.41, 5.74) is 2.58. The van der Waals surface area contributed by atoms with Gasteiger partial charge in [0, 0.05) is 30.5 Å². The van der Waals surface area contributed by atoms with Crippen LogP contribution in [0.15, 0.2) is 42.7 Å². The van der Waals surface area contributed by atoms with Gasteiger partial charge in [0.1, 0.15) is 0 Å². The van der Waals surface area contributed by atoms with Crippen molar-refractivity contribution in [2.24, 2.45) is 0 Å². The Morgan fingerprint density at radius 2 is 2.09 bits per heavy atom. The molecule has 0 aliphatic rings. The topological polar surface area (TPSA) is 54.0 Å². The minimum absolute atomic E-state index is 0.0900. The number of hydrogen-bond donors (Lipinski definition) is 2. The second kappa shape index (κ2) is 8.39. The Morgan fingerprint density at radius 1 is 1.23 bits per heavy atom. The molecule has 2 rings (SSSR count). The number of rotatable bonds is 7. The number of anilines is 1. The van der Waals surface area contributed by atoms with Crippen molar-refractivity contribution in [3.05, 3.63) is 58.9 Å². The quantitative estimate of drug-likeness (QED) is 0.821. The van der Waals surface area contributed by atoms with Crippen molar-refractivity contribution in [3.8, 4) is 0 Å². The van der Waals surface area contributed by atoms with Gasteiger partial charge in [-0.15, -0.1) is 0 Å². The Bertz CT molecular complexity index is 631. The molecule has 116 valence electrons. The van der Waals surface area contributed by atoms with Crippen LogP contribution in [0.2, 0.25) is 5.02 Å². The molecule has 0 aliphatic carbocycles. The van der Waals surface area contributed by atoms with Crippen molar-refractivity contribution in [1.82, 2.24) is 10.3 Å². The predicted octanol–water partition coefficient (Wildman–Crippen LogP) is 3.53. The third kappa shape index (κ3) is 5.04. The molecule has 5 heteroatoms. The summed E-state index contributed by atoms with van der Waals surface area (Å²) in [7, 11) is 0. The number of carbonyl (C=O) groups is 1. The number of aromatic nitrogens is 1. The van der Waals surface area contributed by atoms with Gasteiger partial charge >= 0.3 is 0 Å². The third-order valence-electron chi connectivity index (χ3n) is 3.17. The molecule has 0 atom stereocenters. The maximum atomic E-state index is 11.9. The Kier molecular flexibility index (Phi) is 6.22. The molecule has 1 heterocycles. The monoisotopic (exact) mass is 317 g/mol. The normalized spacial score (nSPS) is 10.3. The van der Waals surface area contributed by atoms with Crippen LogP contribution in [0.5, 0.6) is 0 Å². The first-order valence-electron chi connectivity index (χ1n) is 7.40. The van der Waals surface area contributed by atoms with E-state index in [4.69, 9.17) is 11.6 Å². The molecular weight excluding hydrogens is 298 g/mol. The molecule has 0 saturated heterocycles. The van der Waals surface area contributed by atoms with Crippen molar-refractivity contribution in [3.63, 3.8) is 0 Å². The molecular formula is C17H20ClN3O. The molecule has 0 fully saturated rings. The largest absolute Gasteiger partial charge is 0.383 e. The van der Waals surface area contributed by atoms with E-state index in [0.717, 1.165) is 30.1 Å². The number of halogens is 1. The summed E-state index contributed by atoms with van der Waals surface area (Å²) in [4.78, 5) is 16.0. The van der Waals surface area contributed by atoms with Crippen LogP contribution in [0.1, 0.15) is 29.3 Å². The Hall–Kier alpha value is -2.07. The molecule has 0 bridgehead atoms. The molecule has 2 aromatic rings. The van der Waals surface area contributed by atoms with E-state index in [2.05, 4.69) is 15.6 Å². The van der Waals surface area contributed by atoms with Crippen molar-refractivity contribution in [1.29, 1.82) is 0 Å². The van der Waals surface area contributed by atoms with Gasteiger partial charge in [0.05, 0.1) is 11.3 Å². The average molecular weight is 318 g/mol. The summed E-state index contributed by atoms with van der Waals surface area (Å²) in [6.45, 7) is 3.44. The van der Waals surface area contributed by atoms with Crippen LogP contribution in [-0.2, 0) is 6.42 Å². The minimum atomic E-state index is -0.0900. The second-order valence-corrected chi connectivity index (χ2v) is 5.46. The van der Waals surface area contributed by atoms with Gasteiger partial charge in [-0.05, 0) is 36.6 Å². The molecule has 1 amide bonds. The van der Waals surface area contributed by atoms with Crippen LogP contribution in [0.25, 0.3) is 0 Å². The van der Waals surface area contributed by atoms with Gasteiger partial charge in [-0.2, -0.15) is 0 Å². The minimum Gasteiger partial charge on any atom is -0.383 e. The molecule has 2 N–H and O–H groups in total. The van der Waals surface area contributed by atoms with Crippen molar-refractivity contribution in [2.75, 3.05) is 18.4 Å². The molecule has 1 aromatic heterocycles. The van der Waals surface area contributed by atoms with Crippen LogP contribution < -0.4 is 10.6 Å². The van der Waals surface area contributed by atoms with E-state index in [1.807, 2.05) is 37.3 Å². The van der Waals surface area contributed by atoms with E-state index >= 15 is 0 Å². The molecule has 22 heavy (non-hydrogen) atoms. The zero-order valence-electron chi connectivity index (χ0n) is 12.6. The highest BCUT2D eigenvalue weighted by molar-refractivity contribution is 6.30. The number of nitrogens with one attached hydrogen (secondary N) is 2. The smallest absolute Gasteiger partial charge is 0.252 e. The average Bonchev–Trinajstić information content (AvgIpc) is 2.53. The van der Waals surface area contributed by atoms with E-state index in [9.17, 15) is 4.79 Å². The van der Waals surface area contributed by atoms with Crippen molar-refractivity contribution < 1.29 is 4.79 Å². The standard InChI is InChI=1S/C17H20ClN3O/c1-2-7-21-17(22)14-10-16(12-19-11-14)20-8-6-13-4-3-5-15(18)9-13/h3-5,9-12,20H,2,6-8H2,1H3,(H,21,22). The number of pyridine rings is 1. The van der Waals surface area contributed by atoms with Crippen LogP contribution in [-0.4, -0.2) is 24.0 Å². The van der Waals surface area contributed by atoms with Gasteiger partial charge < -0.3 is 10.6 Å². The van der Waals surface area contributed by atoms with Crippen LogP contribution in [0.3, 0.4) is 0 Å². The molecule has 0 radical (unpaired) electrons. The fourth-order valence-corrected chi connectivity index (χ4v) is 2.26. The van der Waals surface area contributed by atoms with Gasteiger partial charge in [-0.25, -0.2) is 0 Å². The van der Waals surface area contributed by atoms with Crippen molar-refractivity contribution in [2.45, 2.75) is 19.8 Å². The van der Waals surface area contributed by atoms with E-state index in [0.29, 0.717) is 12.1 Å². The van der Waals surface area contributed by atoms with E-state index in [1.165, 1.54) is 5.56 Å². The van der Waals surface area contributed by atoms with Crippen LogP contribution in [0.4, 0.5) is 5.69 Å². The fourth-order valence-electron chi connectivity index (χ4n) is 2.05. The predicted molar refractivity (Wildman–Crippen MR) is 90.5 cm³/mol. The van der Waals surface area contributed by atoms with Crippen LogP contribution >= 0.6 is 11.6 Å². The van der Waals surface area contributed by atoms with E-state index in [1.54, 1.807) is 12.4 Å².